The Hall–Kier alpha value is -1.48. The Labute approximate surface area is 189 Å². The monoisotopic (exact) mass is 514 g/mol. The standard InChI is InChI=1S/C21H30N4OS.HI/c1-22-21(24(2)11-10-20-8-5-13-27-20)23-15-17-9-12-25(16-17)18-6-4-7-19(14-18)26-3;/h4-8,13-14,17H,9-12,15-16H2,1-3H3,(H,22,23);1H. The maximum Gasteiger partial charge on any atom is 0.193 e. The number of hydrogen-bond donors (Lipinski definition) is 1. The number of likely N-dealkylation sites (N-methyl/N-ethyl adjacent to an activating group) is 1. The van der Waals surface area contributed by atoms with Crippen molar-refractivity contribution in [2.45, 2.75) is 12.8 Å². The fraction of sp³-hybridized carbons (Fsp3) is 0.476. The molecule has 1 atom stereocenters. The molecule has 2 heterocycles. The van der Waals surface area contributed by atoms with Gasteiger partial charge in [-0.3, -0.25) is 4.99 Å². The minimum atomic E-state index is 0. The van der Waals surface area contributed by atoms with Gasteiger partial charge in [0.15, 0.2) is 5.96 Å². The smallest absolute Gasteiger partial charge is 0.193 e. The molecule has 1 aromatic heterocycles. The van der Waals surface area contributed by atoms with Gasteiger partial charge >= 0.3 is 0 Å². The molecule has 28 heavy (non-hydrogen) atoms. The lowest BCUT2D eigenvalue weighted by Crippen LogP contribution is -2.42. The summed E-state index contributed by atoms with van der Waals surface area (Å²) in [6, 6.07) is 12.6. The van der Waals surface area contributed by atoms with Gasteiger partial charge in [-0.25, -0.2) is 0 Å². The summed E-state index contributed by atoms with van der Waals surface area (Å²) in [5.74, 6) is 2.52. The van der Waals surface area contributed by atoms with Crippen LogP contribution in [0, 0.1) is 5.92 Å². The highest BCUT2D eigenvalue weighted by Gasteiger charge is 2.23. The number of hydrogen-bond acceptors (Lipinski definition) is 4. The van der Waals surface area contributed by atoms with Gasteiger partial charge in [-0.05, 0) is 42.3 Å². The molecule has 0 spiro atoms. The first-order chi connectivity index (χ1) is 13.2. The summed E-state index contributed by atoms with van der Waals surface area (Å²) < 4.78 is 5.35. The maximum absolute atomic E-state index is 5.35. The van der Waals surface area contributed by atoms with Crippen LogP contribution >= 0.6 is 35.3 Å². The largest absolute Gasteiger partial charge is 0.497 e. The van der Waals surface area contributed by atoms with Crippen LogP contribution in [-0.4, -0.2) is 58.2 Å². The Kier molecular flexibility index (Phi) is 9.37. The van der Waals surface area contributed by atoms with E-state index in [9.17, 15) is 0 Å². The minimum absolute atomic E-state index is 0. The predicted octanol–water partition coefficient (Wildman–Crippen LogP) is 3.95. The number of nitrogens with zero attached hydrogens (tertiary/aromatic N) is 3. The quantitative estimate of drug-likeness (QED) is 0.345. The number of rotatable bonds is 7. The molecule has 1 aliphatic heterocycles. The molecule has 1 saturated heterocycles. The summed E-state index contributed by atoms with van der Waals surface area (Å²) in [7, 11) is 5.69. The number of halogens is 1. The van der Waals surface area contributed by atoms with Gasteiger partial charge in [-0.2, -0.15) is 0 Å². The molecular formula is C21H31IN4OS. The number of thiophene rings is 1. The van der Waals surface area contributed by atoms with Crippen LogP contribution in [0.25, 0.3) is 0 Å². The highest BCUT2D eigenvalue weighted by atomic mass is 127. The second-order valence-electron chi connectivity index (χ2n) is 6.98. The van der Waals surface area contributed by atoms with Crippen molar-refractivity contribution in [3.05, 3.63) is 46.7 Å². The molecular weight excluding hydrogens is 483 g/mol. The van der Waals surface area contributed by atoms with Crippen LogP contribution in [0.5, 0.6) is 5.75 Å². The number of guanidine groups is 1. The Balaban J connectivity index is 0.00000280. The molecule has 0 aliphatic carbocycles. The Bertz CT molecular complexity index is 738. The zero-order valence-electron chi connectivity index (χ0n) is 16.9. The summed E-state index contributed by atoms with van der Waals surface area (Å²) in [6.07, 6.45) is 2.25. The van der Waals surface area contributed by atoms with Crippen molar-refractivity contribution in [2.24, 2.45) is 10.9 Å². The first-order valence-electron chi connectivity index (χ1n) is 9.52. The molecule has 0 saturated carbocycles. The van der Waals surface area contributed by atoms with Gasteiger partial charge in [0, 0.05) is 56.9 Å². The third-order valence-corrected chi connectivity index (χ3v) is 6.04. The van der Waals surface area contributed by atoms with Gasteiger partial charge in [0.05, 0.1) is 7.11 Å². The van der Waals surface area contributed by atoms with E-state index in [1.165, 1.54) is 17.0 Å². The minimum Gasteiger partial charge on any atom is -0.497 e. The van der Waals surface area contributed by atoms with Crippen molar-refractivity contribution < 1.29 is 4.74 Å². The van der Waals surface area contributed by atoms with E-state index in [0.717, 1.165) is 44.3 Å². The molecule has 1 N–H and O–H groups in total. The molecule has 0 radical (unpaired) electrons. The van der Waals surface area contributed by atoms with E-state index >= 15 is 0 Å². The molecule has 1 aromatic carbocycles. The summed E-state index contributed by atoms with van der Waals surface area (Å²) in [5, 5.41) is 5.70. The Morgan fingerprint density at radius 2 is 2.21 bits per heavy atom. The first-order valence-corrected chi connectivity index (χ1v) is 10.4. The molecule has 7 heteroatoms. The summed E-state index contributed by atoms with van der Waals surface area (Å²) in [5.41, 5.74) is 1.24. The highest BCUT2D eigenvalue weighted by molar-refractivity contribution is 14.0. The van der Waals surface area contributed by atoms with Crippen molar-refractivity contribution in [1.82, 2.24) is 10.2 Å². The van der Waals surface area contributed by atoms with E-state index in [0.29, 0.717) is 5.92 Å². The van der Waals surface area contributed by atoms with E-state index in [1.807, 2.05) is 24.5 Å². The molecule has 0 amide bonds. The fourth-order valence-corrected chi connectivity index (χ4v) is 4.20. The van der Waals surface area contributed by atoms with E-state index in [-0.39, 0.29) is 24.0 Å². The van der Waals surface area contributed by atoms with Gasteiger partial charge < -0.3 is 19.9 Å². The fourth-order valence-electron chi connectivity index (χ4n) is 3.50. The summed E-state index contributed by atoms with van der Waals surface area (Å²) >= 11 is 1.82. The molecule has 154 valence electrons. The zero-order valence-corrected chi connectivity index (χ0v) is 20.1. The third kappa shape index (κ3) is 6.27. The number of benzene rings is 1. The Morgan fingerprint density at radius 3 is 2.93 bits per heavy atom. The van der Waals surface area contributed by atoms with Crippen molar-refractivity contribution in [3.8, 4) is 5.75 Å². The van der Waals surface area contributed by atoms with E-state index in [1.54, 1.807) is 7.11 Å². The third-order valence-electron chi connectivity index (χ3n) is 5.10. The SMILES string of the molecule is CN=C(NCC1CCN(c2cccc(OC)c2)C1)N(C)CCc1cccs1.I. The lowest BCUT2D eigenvalue weighted by Gasteiger charge is -2.24. The second kappa shape index (κ2) is 11.5. The van der Waals surface area contributed by atoms with Crippen molar-refractivity contribution in [2.75, 3.05) is 52.3 Å². The predicted molar refractivity (Wildman–Crippen MR) is 131 cm³/mol. The molecule has 3 rings (SSSR count). The van der Waals surface area contributed by atoms with Crippen LogP contribution in [-0.2, 0) is 6.42 Å². The number of nitrogens with one attached hydrogen (secondary N) is 1. The van der Waals surface area contributed by atoms with Gasteiger partial charge in [0.1, 0.15) is 5.75 Å². The lowest BCUT2D eigenvalue weighted by atomic mass is 10.1. The first kappa shape index (κ1) is 22.8. The van der Waals surface area contributed by atoms with Crippen LogP contribution in [0.2, 0.25) is 0 Å². The van der Waals surface area contributed by atoms with Gasteiger partial charge in [-0.15, -0.1) is 35.3 Å². The second-order valence-corrected chi connectivity index (χ2v) is 8.01. The van der Waals surface area contributed by atoms with Crippen molar-refractivity contribution in [1.29, 1.82) is 0 Å². The number of aliphatic imine (C=N–C) groups is 1. The van der Waals surface area contributed by atoms with Crippen molar-refractivity contribution in [3.63, 3.8) is 0 Å². The van der Waals surface area contributed by atoms with Gasteiger partial charge in [0.2, 0.25) is 0 Å². The van der Waals surface area contributed by atoms with Crippen LogP contribution in [0.3, 0.4) is 0 Å². The summed E-state index contributed by atoms with van der Waals surface area (Å²) in [4.78, 5) is 10.5. The number of ether oxygens (including phenoxy) is 1. The molecule has 1 aliphatic rings. The highest BCUT2D eigenvalue weighted by Crippen LogP contribution is 2.26. The van der Waals surface area contributed by atoms with Gasteiger partial charge in [0.25, 0.3) is 0 Å². The van der Waals surface area contributed by atoms with Crippen LogP contribution in [0.1, 0.15) is 11.3 Å². The molecule has 1 unspecified atom stereocenters. The average Bonchev–Trinajstić information content (AvgIpc) is 3.39. The molecule has 1 fully saturated rings. The topological polar surface area (TPSA) is 40.1 Å². The van der Waals surface area contributed by atoms with E-state index in [2.05, 4.69) is 62.9 Å². The molecule has 5 nitrogen and oxygen atoms in total. The average molecular weight is 514 g/mol. The molecule has 0 bridgehead atoms. The lowest BCUT2D eigenvalue weighted by molar-refractivity contribution is 0.415. The van der Waals surface area contributed by atoms with Crippen LogP contribution in [0.4, 0.5) is 5.69 Å². The maximum atomic E-state index is 5.35. The number of anilines is 1. The molecule has 2 aromatic rings. The summed E-state index contributed by atoms with van der Waals surface area (Å²) in [6.45, 7) is 4.08. The Morgan fingerprint density at radius 1 is 1.36 bits per heavy atom. The van der Waals surface area contributed by atoms with Gasteiger partial charge in [-0.1, -0.05) is 12.1 Å². The zero-order chi connectivity index (χ0) is 19.1. The van der Waals surface area contributed by atoms with E-state index in [4.69, 9.17) is 4.74 Å². The van der Waals surface area contributed by atoms with Crippen LogP contribution in [0.15, 0.2) is 46.8 Å². The van der Waals surface area contributed by atoms with E-state index < -0.39 is 0 Å². The van der Waals surface area contributed by atoms with Crippen LogP contribution < -0.4 is 15.0 Å². The normalized spacial score (nSPS) is 16.6. The number of methoxy groups -OCH3 is 1. The van der Waals surface area contributed by atoms with Crippen molar-refractivity contribution >= 4 is 47.0 Å².